The number of hydrogen-bond acceptors (Lipinski definition) is 3. The van der Waals surface area contributed by atoms with Crippen LogP contribution in [0.25, 0.3) is 6.08 Å². The standard InChI is InChI=1S/C15H20FNO2S/c1-15(19,11-20-2)10-17-14(18)5-3-4-12-6-8-13(16)9-7-12/h3-4,6-9,19H,5,10-11H2,1-2H3,(H,17,18). The molecule has 1 aromatic rings. The Kier molecular flexibility index (Phi) is 6.75. The lowest BCUT2D eigenvalue weighted by Gasteiger charge is -2.22. The highest BCUT2D eigenvalue weighted by molar-refractivity contribution is 7.98. The van der Waals surface area contributed by atoms with Gasteiger partial charge in [0.05, 0.1) is 5.60 Å². The summed E-state index contributed by atoms with van der Waals surface area (Å²) in [6, 6.07) is 6.04. The molecule has 5 heteroatoms. The molecule has 0 radical (unpaired) electrons. The van der Waals surface area contributed by atoms with E-state index in [4.69, 9.17) is 0 Å². The van der Waals surface area contributed by atoms with Gasteiger partial charge in [0.15, 0.2) is 0 Å². The monoisotopic (exact) mass is 297 g/mol. The molecular formula is C15H20FNO2S. The summed E-state index contributed by atoms with van der Waals surface area (Å²) in [6.07, 6.45) is 5.61. The maximum atomic E-state index is 12.7. The second-order valence-corrected chi connectivity index (χ2v) is 5.73. The molecule has 0 aliphatic rings. The van der Waals surface area contributed by atoms with E-state index in [2.05, 4.69) is 5.32 Å². The number of carbonyl (C=O) groups is 1. The van der Waals surface area contributed by atoms with E-state index in [1.54, 1.807) is 31.2 Å². The van der Waals surface area contributed by atoms with Crippen LogP contribution in [0.1, 0.15) is 18.9 Å². The first kappa shape index (κ1) is 16.7. The molecule has 0 bridgehead atoms. The first-order chi connectivity index (χ1) is 9.43. The molecule has 1 amide bonds. The molecule has 1 unspecified atom stereocenters. The van der Waals surface area contributed by atoms with E-state index in [1.807, 2.05) is 6.26 Å². The number of thioether (sulfide) groups is 1. The van der Waals surface area contributed by atoms with Crippen molar-refractivity contribution in [1.29, 1.82) is 0 Å². The number of benzene rings is 1. The smallest absolute Gasteiger partial charge is 0.223 e. The molecule has 1 aromatic carbocycles. The molecule has 0 aliphatic carbocycles. The predicted octanol–water partition coefficient (Wildman–Crippen LogP) is 2.46. The molecule has 20 heavy (non-hydrogen) atoms. The van der Waals surface area contributed by atoms with Gasteiger partial charge in [0.25, 0.3) is 0 Å². The zero-order valence-electron chi connectivity index (χ0n) is 11.7. The molecule has 0 spiro atoms. The maximum absolute atomic E-state index is 12.7. The van der Waals surface area contributed by atoms with Crippen molar-refractivity contribution in [2.75, 3.05) is 18.6 Å². The molecule has 0 saturated heterocycles. The fraction of sp³-hybridized carbons (Fsp3) is 0.400. The number of amides is 1. The Hall–Kier alpha value is -1.33. The maximum Gasteiger partial charge on any atom is 0.223 e. The number of halogens is 1. The van der Waals surface area contributed by atoms with Crippen LogP contribution >= 0.6 is 11.8 Å². The van der Waals surface area contributed by atoms with Crippen molar-refractivity contribution in [3.05, 3.63) is 41.7 Å². The SMILES string of the molecule is CSCC(C)(O)CNC(=O)CC=Cc1ccc(F)cc1. The summed E-state index contributed by atoms with van der Waals surface area (Å²) in [4.78, 5) is 11.6. The number of rotatable bonds is 7. The van der Waals surface area contributed by atoms with E-state index in [0.717, 1.165) is 5.56 Å². The summed E-state index contributed by atoms with van der Waals surface area (Å²) in [5.41, 5.74) is -0.0518. The van der Waals surface area contributed by atoms with E-state index in [9.17, 15) is 14.3 Å². The van der Waals surface area contributed by atoms with Crippen molar-refractivity contribution in [3.8, 4) is 0 Å². The lowest BCUT2D eigenvalue weighted by atomic mass is 10.1. The zero-order chi connectivity index (χ0) is 15.0. The molecule has 110 valence electrons. The van der Waals surface area contributed by atoms with Crippen molar-refractivity contribution in [2.24, 2.45) is 0 Å². The molecule has 0 fully saturated rings. The van der Waals surface area contributed by atoms with E-state index < -0.39 is 5.60 Å². The van der Waals surface area contributed by atoms with Crippen LogP contribution in [0.3, 0.4) is 0 Å². The Morgan fingerprint density at radius 2 is 2.10 bits per heavy atom. The number of nitrogens with one attached hydrogen (secondary N) is 1. The highest BCUT2D eigenvalue weighted by Gasteiger charge is 2.19. The first-order valence-corrected chi connectivity index (χ1v) is 7.72. The fourth-order valence-corrected chi connectivity index (χ4v) is 2.32. The summed E-state index contributed by atoms with van der Waals surface area (Å²) in [5.74, 6) is 0.138. The van der Waals surface area contributed by atoms with Gasteiger partial charge in [-0.15, -0.1) is 0 Å². The zero-order valence-corrected chi connectivity index (χ0v) is 12.5. The van der Waals surface area contributed by atoms with Gasteiger partial charge < -0.3 is 10.4 Å². The van der Waals surface area contributed by atoms with Crippen LogP contribution in [0.15, 0.2) is 30.3 Å². The van der Waals surface area contributed by atoms with Gasteiger partial charge in [-0.1, -0.05) is 24.3 Å². The fourth-order valence-electron chi connectivity index (χ4n) is 1.60. The Balaban J connectivity index is 2.34. The van der Waals surface area contributed by atoms with Crippen LogP contribution in [-0.4, -0.2) is 35.2 Å². The molecule has 0 heterocycles. The first-order valence-electron chi connectivity index (χ1n) is 6.33. The van der Waals surface area contributed by atoms with Crippen molar-refractivity contribution in [2.45, 2.75) is 18.9 Å². The third-order valence-electron chi connectivity index (χ3n) is 2.61. The van der Waals surface area contributed by atoms with Crippen molar-refractivity contribution < 1.29 is 14.3 Å². The van der Waals surface area contributed by atoms with E-state index in [-0.39, 0.29) is 24.7 Å². The summed E-state index contributed by atoms with van der Waals surface area (Å²) in [5, 5.41) is 12.6. The highest BCUT2D eigenvalue weighted by Crippen LogP contribution is 2.09. The third-order valence-corrected chi connectivity index (χ3v) is 3.52. The Morgan fingerprint density at radius 3 is 2.70 bits per heavy atom. The molecule has 1 atom stereocenters. The molecule has 2 N–H and O–H groups in total. The summed E-state index contributed by atoms with van der Waals surface area (Å²) < 4.78 is 12.7. The quantitative estimate of drug-likeness (QED) is 0.813. The van der Waals surface area contributed by atoms with Gasteiger partial charge in [-0.05, 0) is 30.9 Å². The van der Waals surface area contributed by atoms with Gasteiger partial charge in [-0.3, -0.25) is 4.79 Å². The lowest BCUT2D eigenvalue weighted by Crippen LogP contribution is -2.42. The van der Waals surface area contributed by atoms with E-state index in [0.29, 0.717) is 5.75 Å². The van der Waals surface area contributed by atoms with Gasteiger partial charge in [-0.25, -0.2) is 4.39 Å². The van der Waals surface area contributed by atoms with Gasteiger partial charge in [0, 0.05) is 18.7 Å². The molecule has 0 aromatic heterocycles. The second-order valence-electron chi connectivity index (χ2n) is 4.86. The second kappa shape index (κ2) is 8.07. The Bertz CT molecular complexity index is 457. The molecule has 0 aliphatic heterocycles. The molecule has 1 rings (SSSR count). The number of aliphatic hydroxyl groups is 1. The highest BCUT2D eigenvalue weighted by atomic mass is 32.2. The minimum atomic E-state index is -0.893. The lowest BCUT2D eigenvalue weighted by molar-refractivity contribution is -0.121. The van der Waals surface area contributed by atoms with Crippen LogP contribution in [0.4, 0.5) is 4.39 Å². The van der Waals surface area contributed by atoms with Crippen molar-refractivity contribution >= 4 is 23.7 Å². The number of hydrogen-bond donors (Lipinski definition) is 2. The van der Waals surface area contributed by atoms with Crippen molar-refractivity contribution in [3.63, 3.8) is 0 Å². The average molecular weight is 297 g/mol. The van der Waals surface area contributed by atoms with Crippen LogP contribution in [0, 0.1) is 5.82 Å². The van der Waals surface area contributed by atoms with Gasteiger partial charge in [0.1, 0.15) is 5.82 Å². The summed E-state index contributed by atoms with van der Waals surface area (Å²) in [7, 11) is 0. The predicted molar refractivity (Wildman–Crippen MR) is 82.1 cm³/mol. The van der Waals surface area contributed by atoms with Crippen LogP contribution in [0.5, 0.6) is 0 Å². The van der Waals surface area contributed by atoms with Gasteiger partial charge in [-0.2, -0.15) is 11.8 Å². The molecule has 3 nitrogen and oxygen atoms in total. The largest absolute Gasteiger partial charge is 0.387 e. The third kappa shape index (κ3) is 6.73. The molecule has 0 saturated carbocycles. The van der Waals surface area contributed by atoms with E-state index >= 15 is 0 Å². The van der Waals surface area contributed by atoms with Crippen molar-refractivity contribution in [1.82, 2.24) is 5.32 Å². The normalized spacial score (nSPS) is 14.2. The summed E-state index contributed by atoms with van der Waals surface area (Å²) in [6.45, 7) is 1.93. The van der Waals surface area contributed by atoms with Crippen LogP contribution in [-0.2, 0) is 4.79 Å². The minimum absolute atomic E-state index is 0.148. The van der Waals surface area contributed by atoms with Gasteiger partial charge >= 0.3 is 0 Å². The number of carbonyl (C=O) groups excluding carboxylic acids is 1. The van der Waals surface area contributed by atoms with Crippen LogP contribution in [0.2, 0.25) is 0 Å². The van der Waals surface area contributed by atoms with E-state index in [1.165, 1.54) is 23.9 Å². The molecular weight excluding hydrogens is 277 g/mol. The Labute approximate surface area is 123 Å². The summed E-state index contributed by atoms with van der Waals surface area (Å²) >= 11 is 1.53. The minimum Gasteiger partial charge on any atom is -0.387 e. The van der Waals surface area contributed by atoms with Crippen LogP contribution < -0.4 is 5.32 Å². The average Bonchev–Trinajstić information content (AvgIpc) is 2.39. The topological polar surface area (TPSA) is 49.3 Å². The van der Waals surface area contributed by atoms with Gasteiger partial charge in [0.2, 0.25) is 5.91 Å². The Morgan fingerprint density at radius 1 is 1.45 bits per heavy atom.